The molecule has 13 heavy (non-hydrogen) atoms. The van der Waals surface area contributed by atoms with E-state index in [1.807, 2.05) is 0 Å². The van der Waals surface area contributed by atoms with Gasteiger partial charge in [0.05, 0.1) is 0 Å². The summed E-state index contributed by atoms with van der Waals surface area (Å²) < 4.78 is 0. The second-order valence-corrected chi connectivity index (χ2v) is 2.32. The first-order chi connectivity index (χ1) is 6.26. The van der Waals surface area contributed by atoms with Gasteiger partial charge in [0.2, 0.25) is 0 Å². The van der Waals surface area contributed by atoms with Gasteiger partial charge in [-0.15, -0.1) is 0 Å². The number of anilines is 1. The molecule has 0 fully saturated rings. The van der Waals surface area contributed by atoms with E-state index in [0.29, 0.717) is 24.3 Å². The first-order valence-electron chi connectivity index (χ1n) is 3.96. The van der Waals surface area contributed by atoms with Crippen molar-refractivity contribution in [3.8, 4) is 0 Å². The Morgan fingerprint density at radius 3 is 2.00 bits per heavy atom. The topological polar surface area (TPSA) is 95.1 Å². The molecule has 6 N–H and O–H groups in total. The number of hydrogen-bond acceptors (Lipinski definition) is 4. The first-order valence-corrected chi connectivity index (χ1v) is 3.96. The van der Waals surface area contributed by atoms with Gasteiger partial charge < -0.3 is 17.2 Å². The molecule has 0 saturated carbocycles. The summed E-state index contributed by atoms with van der Waals surface area (Å²) in [5, 5.41) is 0. The van der Waals surface area contributed by atoms with E-state index in [-0.39, 0.29) is 0 Å². The number of nitrogens with two attached hydrogens (primary N) is 3. The fraction of sp³-hybridized carbons (Fsp3) is 0.222. The molecule has 0 heterocycles. The van der Waals surface area contributed by atoms with Crippen LogP contribution in [0.1, 0.15) is 10.4 Å². The Bertz CT molecular complexity index is 248. The minimum Gasteiger partial charge on any atom is -0.398 e. The van der Waals surface area contributed by atoms with Gasteiger partial charge in [0.25, 0.3) is 0 Å². The zero-order chi connectivity index (χ0) is 10.1. The number of hydrogen-bond donors (Lipinski definition) is 3. The maximum absolute atomic E-state index is 10.1. The van der Waals surface area contributed by atoms with Crippen molar-refractivity contribution in [2.24, 2.45) is 11.5 Å². The largest absolute Gasteiger partial charge is 0.398 e. The average molecular weight is 181 g/mol. The van der Waals surface area contributed by atoms with Crippen molar-refractivity contribution in [2.45, 2.75) is 0 Å². The molecule has 0 amide bonds. The lowest BCUT2D eigenvalue weighted by molar-refractivity contribution is 0.112. The Morgan fingerprint density at radius 1 is 1.15 bits per heavy atom. The lowest BCUT2D eigenvalue weighted by Crippen LogP contribution is -2.11. The maximum Gasteiger partial charge on any atom is 0.152 e. The molecule has 0 saturated heterocycles. The summed E-state index contributed by atoms with van der Waals surface area (Å²) in [7, 11) is 0. The van der Waals surface area contributed by atoms with Crippen molar-refractivity contribution in [3.05, 3.63) is 29.8 Å². The summed E-state index contributed by atoms with van der Waals surface area (Å²) in [6.07, 6.45) is 0.745. The molecule has 0 aliphatic heterocycles. The van der Waals surface area contributed by atoms with Crippen molar-refractivity contribution in [1.29, 1.82) is 0 Å². The lowest BCUT2D eigenvalue weighted by Gasteiger charge is -1.92. The van der Waals surface area contributed by atoms with Crippen molar-refractivity contribution < 1.29 is 4.79 Å². The summed E-state index contributed by atoms with van der Waals surface area (Å²) in [4.78, 5) is 10.1. The zero-order valence-electron chi connectivity index (χ0n) is 7.44. The third-order valence-electron chi connectivity index (χ3n) is 1.29. The van der Waals surface area contributed by atoms with E-state index in [4.69, 9.17) is 17.2 Å². The summed E-state index contributed by atoms with van der Waals surface area (Å²) in [5.41, 5.74) is 16.3. The molecule has 72 valence electrons. The fourth-order valence-electron chi connectivity index (χ4n) is 0.618. The number of carbonyl (C=O) groups is 1. The minimum atomic E-state index is 0.535. The van der Waals surface area contributed by atoms with Gasteiger partial charge >= 0.3 is 0 Å². The van der Waals surface area contributed by atoms with E-state index in [2.05, 4.69) is 0 Å². The Kier molecular flexibility index (Phi) is 6.49. The van der Waals surface area contributed by atoms with Crippen LogP contribution >= 0.6 is 0 Å². The molecule has 0 bridgehead atoms. The maximum atomic E-state index is 10.1. The molecule has 0 aliphatic carbocycles. The molecular formula is C9H15N3O. The second kappa shape index (κ2) is 7.27. The van der Waals surface area contributed by atoms with Gasteiger partial charge in [-0.1, -0.05) is 12.1 Å². The predicted molar refractivity (Wildman–Crippen MR) is 54.4 cm³/mol. The molecule has 1 aromatic rings. The highest BCUT2D eigenvalue weighted by molar-refractivity contribution is 5.82. The standard InChI is InChI=1S/C7H7NO.C2H8N2/c8-7-4-2-1-3-6(7)5-9;3-1-2-4/h1-5H,8H2;1-4H2. The number of rotatable bonds is 2. The second-order valence-electron chi connectivity index (χ2n) is 2.32. The van der Waals surface area contributed by atoms with Crippen LogP contribution in [0.15, 0.2) is 24.3 Å². The highest BCUT2D eigenvalue weighted by atomic mass is 16.1. The summed E-state index contributed by atoms with van der Waals surface area (Å²) in [6.45, 7) is 1.19. The lowest BCUT2D eigenvalue weighted by atomic mass is 10.2. The molecule has 4 heteroatoms. The van der Waals surface area contributed by atoms with Crippen LogP contribution in [0.4, 0.5) is 5.69 Å². The average Bonchev–Trinajstić information content (AvgIpc) is 2.19. The summed E-state index contributed by atoms with van der Waals surface area (Å²) in [6, 6.07) is 6.95. The van der Waals surface area contributed by atoms with Gasteiger partial charge in [-0.2, -0.15) is 0 Å². The Balaban J connectivity index is 0.000000310. The van der Waals surface area contributed by atoms with Crippen LogP contribution in [0.5, 0.6) is 0 Å². The predicted octanol–water partition coefficient (Wildman–Crippen LogP) is -0.0149. The van der Waals surface area contributed by atoms with Crippen LogP contribution in [0.25, 0.3) is 0 Å². The Hall–Kier alpha value is -1.39. The van der Waals surface area contributed by atoms with Crippen LogP contribution in [0, 0.1) is 0 Å². The number of benzene rings is 1. The number of nitrogen functional groups attached to an aromatic ring is 1. The van der Waals surface area contributed by atoms with Crippen molar-refractivity contribution in [2.75, 3.05) is 18.8 Å². The third kappa shape index (κ3) is 4.95. The third-order valence-corrected chi connectivity index (χ3v) is 1.29. The fourth-order valence-corrected chi connectivity index (χ4v) is 0.618. The van der Waals surface area contributed by atoms with Crippen LogP contribution in [0.3, 0.4) is 0 Å². The molecule has 0 unspecified atom stereocenters. The highest BCUT2D eigenvalue weighted by Crippen LogP contribution is 2.05. The monoisotopic (exact) mass is 181 g/mol. The van der Waals surface area contributed by atoms with E-state index in [0.717, 1.165) is 6.29 Å². The zero-order valence-corrected chi connectivity index (χ0v) is 7.44. The van der Waals surface area contributed by atoms with Gasteiger partial charge in [0.1, 0.15) is 0 Å². The van der Waals surface area contributed by atoms with Gasteiger partial charge in [0.15, 0.2) is 6.29 Å². The molecule has 1 aromatic carbocycles. The molecule has 0 atom stereocenters. The number of aldehydes is 1. The molecule has 0 aromatic heterocycles. The SMILES string of the molecule is NCCN.Nc1ccccc1C=O. The van der Waals surface area contributed by atoms with Crippen molar-refractivity contribution in [1.82, 2.24) is 0 Å². The molecule has 0 aliphatic rings. The van der Waals surface area contributed by atoms with Gasteiger partial charge in [-0.3, -0.25) is 4.79 Å². The van der Waals surface area contributed by atoms with Gasteiger partial charge in [-0.05, 0) is 12.1 Å². The van der Waals surface area contributed by atoms with Crippen LogP contribution in [-0.4, -0.2) is 19.4 Å². The summed E-state index contributed by atoms with van der Waals surface area (Å²) >= 11 is 0. The van der Waals surface area contributed by atoms with Gasteiger partial charge in [0, 0.05) is 24.3 Å². The van der Waals surface area contributed by atoms with E-state index in [1.165, 1.54) is 0 Å². The molecule has 1 rings (SSSR count). The smallest absolute Gasteiger partial charge is 0.152 e. The highest BCUT2D eigenvalue weighted by Gasteiger charge is 1.90. The summed E-state index contributed by atoms with van der Waals surface area (Å²) in [5.74, 6) is 0. The molecule has 0 spiro atoms. The number of carbonyl (C=O) groups excluding carboxylic acids is 1. The molecule has 4 nitrogen and oxygen atoms in total. The van der Waals surface area contributed by atoms with Crippen molar-refractivity contribution >= 4 is 12.0 Å². The quantitative estimate of drug-likeness (QED) is 0.441. The van der Waals surface area contributed by atoms with E-state index in [1.54, 1.807) is 24.3 Å². The van der Waals surface area contributed by atoms with Crippen LogP contribution in [-0.2, 0) is 0 Å². The first kappa shape index (κ1) is 11.6. The normalized spacial score (nSPS) is 8.46. The van der Waals surface area contributed by atoms with Crippen molar-refractivity contribution in [3.63, 3.8) is 0 Å². The van der Waals surface area contributed by atoms with Gasteiger partial charge in [-0.25, -0.2) is 0 Å². The molecule has 0 radical (unpaired) electrons. The Morgan fingerprint density at radius 2 is 1.69 bits per heavy atom. The van der Waals surface area contributed by atoms with E-state index in [9.17, 15) is 4.79 Å². The number of para-hydroxylation sites is 1. The van der Waals surface area contributed by atoms with Crippen LogP contribution < -0.4 is 17.2 Å². The Labute approximate surface area is 77.7 Å². The molecular weight excluding hydrogens is 166 g/mol. The minimum absolute atomic E-state index is 0.535. The van der Waals surface area contributed by atoms with E-state index >= 15 is 0 Å². The van der Waals surface area contributed by atoms with E-state index < -0.39 is 0 Å². The van der Waals surface area contributed by atoms with Crippen LogP contribution in [0.2, 0.25) is 0 Å².